The van der Waals surface area contributed by atoms with Crippen molar-refractivity contribution in [1.29, 1.82) is 0 Å². The Morgan fingerprint density at radius 2 is 1.71 bits per heavy atom. The summed E-state index contributed by atoms with van der Waals surface area (Å²) >= 11 is 0. The van der Waals surface area contributed by atoms with Crippen molar-refractivity contribution in [2.75, 3.05) is 31.1 Å². The molecule has 35 heavy (non-hydrogen) atoms. The molecule has 1 aliphatic carbocycles. The van der Waals surface area contributed by atoms with Gasteiger partial charge in [-0.15, -0.1) is 0 Å². The summed E-state index contributed by atoms with van der Waals surface area (Å²) in [4.78, 5) is 38.2. The molecule has 2 heterocycles. The van der Waals surface area contributed by atoms with E-state index in [9.17, 15) is 9.59 Å². The second-order valence-electron chi connectivity index (χ2n) is 10.3. The molecular weight excluding hydrogens is 436 g/mol. The first-order valence-electron chi connectivity index (χ1n) is 13.3. The molecule has 2 aromatic rings. The number of hydrogen-bond donors (Lipinski definition) is 0. The number of para-hydroxylation sites is 1. The third-order valence-corrected chi connectivity index (χ3v) is 7.56. The van der Waals surface area contributed by atoms with Gasteiger partial charge >= 0.3 is 0 Å². The van der Waals surface area contributed by atoms with Gasteiger partial charge in [0.25, 0.3) is 5.91 Å². The summed E-state index contributed by atoms with van der Waals surface area (Å²) in [6.45, 7) is 10.00. The minimum atomic E-state index is -0.0637. The average molecular weight is 477 g/mol. The summed E-state index contributed by atoms with van der Waals surface area (Å²) in [7, 11) is 0. The molecule has 0 atom stereocenters. The summed E-state index contributed by atoms with van der Waals surface area (Å²) in [5.41, 5.74) is 3.59. The van der Waals surface area contributed by atoms with Crippen molar-refractivity contribution in [1.82, 2.24) is 14.8 Å². The van der Waals surface area contributed by atoms with Crippen LogP contribution in [0.25, 0.3) is 0 Å². The standard InChI is InChI=1S/C29H40N4O2/c1-22(2)31-17-10-18-33(28(34)24-12-5-4-6-13-24)27-23(3)11-9-14-25(27)21-32(20-19-31)29(35)26-15-7-8-16-30-26/h7-9,11,14-16,22,24H,4-6,10,12-13,17-21H2,1-3H3. The van der Waals surface area contributed by atoms with Crippen LogP contribution in [-0.2, 0) is 11.3 Å². The van der Waals surface area contributed by atoms with E-state index in [2.05, 4.69) is 47.7 Å². The Labute approximate surface area is 210 Å². The topological polar surface area (TPSA) is 56.8 Å². The van der Waals surface area contributed by atoms with E-state index in [1.165, 1.54) is 6.42 Å². The molecule has 2 amide bonds. The van der Waals surface area contributed by atoms with Gasteiger partial charge < -0.3 is 9.80 Å². The summed E-state index contributed by atoms with van der Waals surface area (Å²) in [5.74, 6) is 0.304. The molecule has 0 unspecified atom stereocenters. The molecule has 188 valence electrons. The molecule has 0 radical (unpaired) electrons. The van der Waals surface area contributed by atoms with Gasteiger partial charge in [0.2, 0.25) is 5.91 Å². The Hall–Kier alpha value is -2.73. The molecule has 1 fully saturated rings. The molecule has 0 bridgehead atoms. The molecule has 1 aromatic heterocycles. The number of anilines is 1. The molecule has 6 heteroatoms. The number of nitrogens with zero attached hydrogens (tertiary/aromatic N) is 4. The number of aryl methyl sites for hydroxylation is 1. The van der Waals surface area contributed by atoms with Crippen LogP contribution < -0.4 is 4.90 Å². The van der Waals surface area contributed by atoms with E-state index in [4.69, 9.17) is 0 Å². The summed E-state index contributed by atoms with van der Waals surface area (Å²) < 4.78 is 0. The SMILES string of the molecule is Cc1cccc2c1N(C(=O)C1CCCCC1)CCCN(C(C)C)CCN(C(=O)c1ccccn1)C2. The maximum atomic E-state index is 13.9. The van der Waals surface area contributed by atoms with Crippen molar-refractivity contribution >= 4 is 17.5 Å². The van der Waals surface area contributed by atoms with Crippen LogP contribution in [0.1, 0.15) is 74.0 Å². The van der Waals surface area contributed by atoms with Crippen molar-refractivity contribution in [2.45, 2.75) is 71.9 Å². The Morgan fingerprint density at radius 3 is 2.43 bits per heavy atom. The maximum Gasteiger partial charge on any atom is 0.272 e. The van der Waals surface area contributed by atoms with E-state index in [1.54, 1.807) is 12.3 Å². The minimum Gasteiger partial charge on any atom is -0.332 e. The molecular formula is C29H40N4O2. The maximum absolute atomic E-state index is 13.9. The lowest BCUT2D eigenvalue weighted by Gasteiger charge is -2.33. The van der Waals surface area contributed by atoms with Crippen LogP contribution in [0.5, 0.6) is 0 Å². The van der Waals surface area contributed by atoms with Crippen molar-refractivity contribution in [2.24, 2.45) is 5.92 Å². The number of aromatic nitrogens is 1. The zero-order valence-electron chi connectivity index (χ0n) is 21.6. The first kappa shape index (κ1) is 25.4. The largest absolute Gasteiger partial charge is 0.332 e. The third-order valence-electron chi connectivity index (χ3n) is 7.56. The predicted octanol–water partition coefficient (Wildman–Crippen LogP) is 5.06. The number of hydrogen-bond acceptors (Lipinski definition) is 4. The van der Waals surface area contributed by atoms with Gasteiger partial charge in [0, 0.05) is 50.9 Å². The summed E-state index contributed by atoms with van der Waals surface area (Å²) in [6.07, 6.45) is 8.06. The zero-order valence-corrected chi connectivity index (χ0v) is 21.6. The van der Waals surface area contributed by atoms with Crippen molar-refractivity contribution < 1.29 is 9.59 Å². The van der Waals surface area contributed by atoms with Gasteiger partial charge in [-0.25, -0.2) is 0 Å². The molecule has 4 rings (SSSR count). The number of fused-ring (bicyclic) bond motifs is 1. The van der Waals surface area contributed by atoms with Gasteiger partial charge in [0.05, 0.1) is 5.69 Å². The molecule has 2 aliphatic rings. The van der Waals surface area contributed by atoms with E-state index >= 15 is 0 Å². The Bertz CT molecular complexity index is 1000. The van der Waals surface area contributed by atoms with Crippen LogP contribution in [0.2, 0.25) is 0 Å². The van der Waals surface area contributed by atoms with Gasteiger partial charge in [-0.1, -0.05) is 43.5 Å². The second-order valence-corrected chi connectivity index (χ2v) is 10.3. The predicted molar refractivity (Wildman–Crippen MR) is 140 cm³/mol. The lowest BCUT2D eigenvalue weighted by atomic mass is 9.87. The van der Waals surface area contributed by atoms with Crippen LogP contribution >= 0.6 is 0 Å². The molecule has 6 nitrogen and oxygen atoms in total. The quantitative estimate of drug-likeness (QED) is 0.621. The van der Waals surface area contributed by atoms with E-state index in [1.807, 2.05) is 23.1 Å². The molecule has 0 N–H and O–H groups in total. The average Bonchev–Trinajstić information content (AvgIpc) is 2.91. The number of pyridine rings is 1. The number of carbonyl (C=O) groups excluding carboxylic acids is 2. The highest BCUT2D eigenvalue weighted by molar-refractivity contribution is 5.97. The highest BCUT2D eigenvalue weighted by atomic mass is 16.2. The molecule has 1 aliphatic heterocycles. The Balaban J connectivity index is 1.72. The first-order chi connectivity index (χ1) is 17.0. The fourth-order valence-electron chi connectivity index (χ4n) is 5.55. The molecule has 1 saturated carbocycles. The van der Waals surface area contributed by atoms with Gasteiger partial charge in [-0.05, 0) is 63.3 Å². The van der Waals surface area contributed by atoms with Crippen molar-refractivity contribution in [3.63, 3.8) is 0 Å². The molecule has 0 spiro atoms. The third kappa shape index (κ3) is 6.10. The van der Waals surface area contributed by atoms with Crippen LogP contribution in [0.3, 0.4) is 0 Å². The number of rotatable bonds is 3. The number of benzene rings is 1. The van der Waals surface area contributed by atoms with E-state index in [-0.39, 0.29) is 17.7 Å². The van der Waals surface area contributed by atoms with Gasteiger partial charge in [0.15, 0.2) is 0 Å². The number of amides is 2. The van der Waals surface area contributed by atoms with Crippen LogP contribution in [-0.4, -0.2) is 58.8 Å². The van der Waals surface area contributed by atoms with Crippen LogP contribution in [0, 0.1) is 12.8 Å². The minimum absolute atomic E-state index is 0.0637. The summed E-state index contributed by atoms with van der Waals surface area (Å²) in [5, 5.41) is 0. The summed E-state index contributed by atoms with van der Waals surface area (Å²) in [6, 6.07) is 12.1. The molecule has 0 saturated heterocycles. The highest BCUT2D eigenvalue weighted by Gasteiger charge is 2.30. The van der Waals surface area contributed by atoms with Crippen molar-refractivity contribution in [3.05, 3.63) is 59.4 Å². The normalized spacial score (nSPS) is 18.7. The van der Waals surface area contributed by atoms with Crippen LogP contribution in [0.4, 0.5) is 5.69 Å². The van der Waals surface area contributed by atoms with Gasteiger partial charge in [-0.2, -0.15) is 0 Å². The molecule has 1 aromatic carbocycles. The van der Waals surface area contributed by atoms with Gasteiger partial charge in [0.1, 0.15) is 5.69 Å². The van der Waals surface area contributed by atoms with Gasteiger partial charge in [-0.3, -0.25) is 19.5 Å². The smallest absolute Gasteiger partial charge is 0.272 e. The Kier molecular flexibility index (Phi) is 8.55. The van der Waals surface area contributed by atoms with Crippen LogP contribution in [0.15, 0.2) is 42.6 Å². The monoisotopic (exact) mass is 476 g/mol. The fourth-order valence-corrected chi connectivity index (χ4v) is 5.55. The van der Waals surface area contributed by atoms with E-state index < -0.39 is 0 Å². The second kappa shape index (κ2) is 11.8. The van der Waals surface area contributed by atoms with Crippen molar-refractivity contribution in [3.8, 4) is 0 Å². The zero-order chi connectivity index (χ0) is 24.8. The Morgan fingerprint density at radius 1 is 0.914 bits per heavy atom. The lowest BCUT2D eigenvalue weighted by molar-refractivity contribution is -0.123. The fraction of sp³-hybridized carbons (Fsp3) is 0.552. The lowest BCUT2D eigenvalue weighted by Crippen LogP contribution is -2.42. The first-order valence-corrected chi connectivity index (χ1v) is 13.3. The number of carbonyl (C=O) groups is 2. The van der Waals surface area contributed by atoms with E-state index in [0.717, 1.165) is 62.0 Å². The highest BCUT2D eigenvalue weighted by Crippen LogP contribution is 2.32. The van der Waals surface area contributed by atoms with E-state index in [0.29, 0.717) is 31.4 Å².